The molecule has 0 aromatic heterocycles. The van der Waals surface area contributed by atoms with E-state index in [1.54, 1.807) is 6.92 Å². The first kappa shape index (κ1) is 26.6. The van der Waals surface area contributed by atoms with E-state index >= 15 is 0 Å². The van der Waals surface area contributed by atoms with Gasteiger partial charge < -0.3 is 14.6 Å². The Morgan fingerprint density at radius 3 is 2.85 bits per heavy atom. The lowest BCUT2D eigenvalue weighted by molar-refractivity contribution is -0.143. The van der Waals surface area contributed by atoms with Crippen LogP contribution in [0.5, 0.6) is 0 Å². The first-order chi connectivity index (χ1) is 16.4. The lowest BCUT2D eigenvalue weighted by Crippen LogP contribution is -2.39. The van der Waals surface area contributed by atoms with Crippen molar-refractivity contribution >= 4 is 17.6 Å². The molecule has 0 bridgehead atoms. The minimum atomic E-state index is -0.633. The van der Waals surface area contributed by atoms with Crippen molar-refractivity contribution in [3.8, 4) is 0 Å². The van der Waals surface area contributed by atoms with Crippen molar-refractivity contribution in [2.24, 2.45) is 0 Å². The number of aliphatic hydroxyl groups excluding tert-OH is 1. The molecule has 0 spiro atoms. The summed E-state index contributed by atoms with van der Waals surface area (Å²) in [5, 5.41) is 11.1. The largest absolute Gasteiger partial charge is 0.466 e. The second-order valence-electron chi connectivity index (χ2n) is 8.91. The molecule has 186 valence electrons. The van der Waals surface area contributed by atoms with Crippen LogP contribution >= 0.6 is 11.6 Å². The Morgan fingerprint density at radius 1 is 1.29 bits per heavy atom. The Kier molecular flexibility index (Phi) is 10.3. The molecule has 1 heterocycles. The molecule has 5 nitrogen and oxygen atoms in total. The lowest BCUT2D eigenvalue weighted by atomic mass is 9.99. The summed E-state index contributed by atoms with van der Waals surface area (Å²) in [5.41, 5.74) is 2.94. The fraction of sp³-hybridized carbons (Fsp3) is 0.519. The number of hydrogen-bond donors (Lipinski definition) is 1. The molecule has 2 aromatic rings. The van der Waals surface area contributed by atoms with Gasteiger partial charge in [0.1, 0.15) is 5.82 Å². The van der Waals surface area contributed by atoms with Gasteiger partial charge in [-0.15, -0.1) is 0 Å². The molecule has 1 fully saturated rings. The van der Waals surface area contributed by atoms with Crippen molar-refractivity contribution in [3.05, 3.63) is 70.0 Å². The van der Waals surface area contributed by atoms with Crippen LogP contribution in [-0.4, -0.2) is 54.4 Å². The van der Waals surface area contributed by atoms with Gasteiger partial charge >= 0.3 is 5.97 Å². The zero-order valence-electron chi connectivity index (χ0n) is 20.0. The number of β-amino-alcohol motifs (C(OH)–C–C–N with tert-alkyl or cyclic N) is 1. The summed E-state index contributed by atoms with van der Waals surface area (Å²) in [6.07, 6.45) is 2.83. The van der Waals surface area contributed by atoms with E-state index in [1.165, 1.54) is 12.1 Å². The number of ether oxygens (including phenoxy) is 2. The third-order valence-corrected chi connectivity index (χ3v) is 6.49. The predicted octanol–water partition coefficient (Wildman–Crippen LogP) is 5.12. The maximum absolute atomic E-state index is 13.7. The fourth-order valence-corrected chi connectivity index (χ4v) is 4.91. The monoisotopic (exact) mass is 491 g/mol. The van der Waals surface area contributed by atoms with E-state index in [4.69, 9.17) is 21.1 Å². The SMILES string of the molecule is CCOC(=O)CCc1ccccc1[C@@H](C)OC[C@H](O)CN1CCC[C@H]1Cc1cc(F)cc(Cl)c1. The predicted molar refractivity (Wildman–Crippen MR) is 131 cm³/mol. The zero-order valence-corrected chi connectivity index (χ0v) is 20.8. The van der Waals surface area contributed by atoms with E-state index in [2.05, 4.69) is 4.90 Å². The molecule has 1 aliphatic rings. The molecule has 0 radical (unpaired) electrons. The second kappa shape index (κ2) is 13.2. The Balaban J connectivity index is 1.50. The van der Waals surface area contributed by atoms with Gasteiger partial charge in [-0.05, 0) is 81.0 Å². The van der Waals surface area contributed by atoms with Crippen LogP contribution in [0.3, 0.4) is 0 Å². The lowest BCUT2D eigenvalue weighted by Gasteiger charge is -2.27. The van der Waals surface area contributed by atoms with Crippen LogP contribution in [0.4, 0.5) is 4.39 Å². The van der Waals surface area contributed by atoms with Gasteiger partial charge in [0.05, 0.1) is 25.4 Å². The van der Waals surface area contributed by atoms with Crippen LogP contribution in [-0.2, 0) is 27.1 Å². The highest BCUT2D eigenvalue weighted by atomic mass is 35.5. The molecule has 1 N–H and O–H groups in total. The van der Waals surface area contributed by atoms with Gasteiger partial charge in [0, 0.05) is 24.0 Å². The molecule has 0 unspecified atom stereocenters. The number of nitrogens with zero attached hydrogens (tertiary/aromatic N) is 1. The number of hydrogen-bond acceptors (Lipinski definition) is 5. The van der Waals surface area contributed by atoms with Crippen molar-refractivity contribution in [2.45, 2.75) is 64.2 Å². The number of carbonyl (C=O) groups is 1. The van der Waals surface area contributed by atoms with Crippen molar-refractivity contribution in [3.63, 3.8) is 0 Å². The van der Waals surface area contributed by atoms with Crippen LogP contribution in [0.2, 0.25) is 5.02 Å². The molecule has 3 atom stereocenters. The number of rotatable bonds is 12. The van der Waals surface area contributed by atoms with Crippen molar-refractivity contribution in [2.75, 3.05) is 26.3 Å². The van der Waals surface area contributed by atoms with E-state index in [1.807, 2.05) is 37.3 Å². The number of aryl methyl sites for hydroxylation is 1. The quantitative estimate of drug-likeness (QED) is 0.417. The topological polar surface area (TPSA) is 59.0 Å². The Hall–Kier alpha value is -1.99. The summed E-state index contributed by atoms with van der Waals surface area (Å²) >= 11 is 6.00. The highest BCUT2D eigenvalue weighted by Crippen LogP contribution is 2.25. The number of halogens is 2. The van der Waals surface area contributed by atoms with Crippen LogP contribution in [0.25, 0.3) is 0 Å². The maximum atomic E-state index is 13.7. The van der Waals surface area contributed by atoms with Gasteiger partial charge in [0.25, 0.3) is 0 Å². The highest BCUT2D eigenvalue weighted by molar-refractivity contribution is 6.30. The number of aliphatic hydroxyl groups is 1. The second-order valence-corrected chi connectivity index (χ2v) is 9.34. The molecule has 3 rings (SSSR count). The molecule has 1 aliphatic heterocycles. The molecular weight excluding hydrogens is 457 g/mol. The summed E-state index contributed by atoms with van der Waals surface area (Å²) in [6.45, 7) is 5.76. The summed E-state index contributed by atoms with van der Waals surface area (Å²) < 4.78 is 24.7. The van der Waals surface area contributed by atoms with Gasteiger partial charge in [0.2, 0.25) is 0 Å². The number of likely N-dealkylation sites (tertiary alicyclic amines) is 1. The van der Waals surface area contributed by atoms with E-state index in [0.717, 1.165) is 36.1 Å². The van der Waals surface area contributed by atoms with Crippen LogP contribution in [0.15, 0.2) is 42.5 Å². The Labute approximate surface area is 206 Å². The standard InChI is InChI=1S/C27H35ClFNO4/c1-3-33-27(32)11-10-21-7-4-5-9-26(21)19(2)34-18-25(31)17-30-12-6-8-24(30)15-20-13-22(28)16-23(29)14-20/h4-5,7,9,13-14,16,19,24-25,31H,3,6,8,10-12,15,17-18H2,1-2H3/t19-,24+,25-/m1/s1. The average molecular weight is 492 g/mol. The Bertz CT molecular complexity index is 920. The summed E-state index contributed by atoms with van der Waals surface area (Å²) in [5.74, 6) is -0.529. The molecule has 2 aromatic carbocycles. The van der Waals surface area contributed by atoms with E-state index in [0.29, 0.717) is 37.4 Å². The first-order valence-corrected chi connectivity index (χ1v) is 12.5. The molecular formula is C27H35ClFNO4. The number of benzene rings is 2. The third-order valence-electron chi connectivity index (χ3n) is 6.27. The van der Waals surface area contributed by atoms with Gasteiger partial charge in [-0.25, -0.2) is 4.39 Å². The minimum Gasteiger partial charge on any atom is -0.466 e. The maximum Gasteiger partial charge on any atom is 0.306 e. The Morgan fingerprint density at radius 2 is 2.09 bits per heavy atom. The van der Waals surface area contributed by atoms with Gasteiger partial charge in [0.15, 0.2) is 0 Å². The summed E-state index contributed by atoms with van der Waals surface area (Å²) in [7, 11) is 0. The van der Waals surface area contributed by atoms with E-state index in [-0.39, 0.29) is 30.5 Å². The number of esters is 1. The third kappa shape index (κ3) is 8.05. The van der Waals surface area contributed by atoms with Gasteiger partial charge in [-0.2, -0.15) is 0 Å². The normalized spacial score (nSPS) is 18.1. The molecule has 7 heteroatoms. The first-order valence-electron chi connectivity index (χ1n) is 12.1. The van der Waals surface area contributed by atoms with Gasteiger partial charge in [-0.3, -0.25) is 9.69 Å². The van der Waals surface area contributed by atoms with Crippen LogP contribution in [0, 0.1) is 5.82 Å². The summed E-state index contributed by atoms with van der Waals surface area (Å²) in [4.78, 5) is 14.0. The van der Waals surface area contributed by atoms with Crippen molar-refractivity contribution in [1.29, 1.82) is 0 Å². The highest BCUT2D eigenvalue weighted by Gasteiger charge is 2.27. The molecule has 0 saturated carbocycles. The minimum absolute atomic E-state index is 0.207. The number of carbonyl (C=O) groups excluding carboxylic acids is 1. The van der Waals surface area contributed by atoms with Crippen molar-refractivity contribution < 1.29 is 23.8 Å². The molecule has 0 aliphatic carbocycles. The summed E-state index contributed by atoms with van der Waals surface area (Å²) in [6, 6.07) is 12.8. The van der Waals surface area contributed by atoms with Crippen LogP contribution < -0.4 is 0 Å². The zero-order chi connectivity index (χ0) is 24.5. The smallest absolute Gasteiger partial charge is 0.306 e. The average Bonchev–Trinajstić information content (AvgIpc) is 3.22. The van der Waals surface area contributed by atoms with Gasteiger partial charge in [-0.1, -0.05) is 35.9 Å². The molecule has 0 amide bonds. The van der Waals surface area contributed by atoms with Crippen LogP contribution in [0.1, 0.15) is 55.9 Å². The van der Waals surface area contributed by atoms with Crippen molar-refractivity contribution in [1.82, 2.24) is 4.90 Å². The van der Waals surface area contributed by atoms with E-state index in [9.17, 15) is 14.3 Å². The van der Waals surface area contributed by atoms with E-state index < -0.39 is 6.10 Å². The molecule has 34 heavy (non-hydrogen) atoms. The fourth-order valence-electron chi connectivity index (χ4n) is 4.66. The molecule has 1 saturated heterocycles.